The van der Waals surface area contributed by atoms with E-state index in [1.54, 1.807) is 0 Å². The second kappa shape index (κ2) is 8.87. The zero-order valence-electron chi connectivity index (χ0n) is 14.3. The largest absolute Gasteiger partial charge is 0.370 e. The lowest BCUT2D eigenvalue weighted by Crippen LogP contribution is -2.35. The molecule has 0 aliphatic rings. The highest BCUT2D eigenvalue weighted by molar-refractivity contribution is 5.76. The van der Waals surface area contributed by atoms with Gasteiger partial charge in [-0.15, -0.1) is 0 Å². The van der Waals surface area contributed by atoms with Crippen molar-refractivity contribution < 1.29 is 9.59 Å². The van der Waals surface area contributed by atoms with Gasteiger partial charge in [0.2, 0.25) is 0 Å². The van der Waals surface area contributed by atoms with E-state index in [9.17, 15) is 9.59 Å². The van der Waals surface area contributed by atoms with E-state index in [1.807, 2.05) is 48.5 Å². The molecule has 0 saturated heterocycles. The van der Waals surface area contributed by atoms with E-state index in [0.717, 1.165) is 50.1 Å². The first-order chi connectivity index (χ1) is 11.7. The zero-order chi connectivity index (χ0) is 17.4. The third-order valence-corrected chi connectivity index (χ3v) is 4.19. The molecule has 4 heteroatoms. The van der Waals surface area contributed by atoms with Crippen LogP contribution >= 0.6 is 0 Å². The van der Waals surface area contributed by atoms with E-state index in [2.05, 4.69) is 23.6 Å². The van der Waals surface area contributed by atoms with Crippen LogP contribution in [0.1, 0.15) is 34.6 Å². The van der Waals surface area contributed by atoms with E-state index in [0.29, 0.717) is 11.1 Å². The Hall–Kier alpha value is -2.62. The number of aldehydes is 2. The number of hydrogen-bond acceptors (Lipinski definition) is 4. The molecule has 126 valence electrons. The van der Waals surface area contributed by atoms with Gasteiger partial charge in [0, 0.05) is 48.7 Å². The first kappa shape index (κ1) is 17.7. The summed E-state index contributed by atoms with van der Waals surface area (Å²) >= 11 is 0. The number of likely N-dealkylation sites (N-methyl/N-ethyl adjacent to an activating group) is 2. The SMILES string of the molecule is CCN(CCN(CC)c1ccc(C=O)cc1)c1ccc(C=O)cc1. The monoisotopic (exact) mass is 324 g/mol. The summed E-state index contributed by atoms with van der Waals surface area (Å²) in [6, 6.07) is 15.3. The van der Waals surface area contributed by atoms with Crippen molar-refractivity contribution in [3.8, 4) is 0 Å². The predicted molar refractivity (Wildman–Crippen MR) is 99.4 cm³/mol. The minimum Gasteiger partial charge on any atom is -0.370 e. The summed E-state index contributed by atoms with van der Waals surface area (Å²) in [6.45, 7) is 7.84. The Balaban J connectivity index is 2.03. The average molecular weight is 324 g/mol. The van der Waals surface area contributed by atoms with Crippen molar-refractivity contribution in [3.63, 3.8) is 0 Å². The summed E-state index contributed by atoms with van der Waals surface area (Å²) in [5, 5.41) is 0. The molecule has 2 aromatic rings. The fraction of sp³-hybridized carbons (Fsp3) is 0.300. The van der Waals surface area contributed by atoms with E-state index >= 15 is 0 Å². The molecule has 0 fully saturated rings. The topological polar surface area (TPSA) is 40.6 Å². The lowest BCUT2D eigenvalue weighted by atomic mass is 10.2. The fourth-order valence-corrected chi connectivity index (χ4v) is 2.71. The molecule has 4 nitrogen and oxygen atoms in total. The van der Waals surface area contributed by atoms with Crippen molar-refractivity contribution in [1.29, 1.82) is 0 Å². The Bertz CT molecular complexity index is 591. The molecule has 2 rings (SSSR count). The van der Waals surface area contributed by atoms with E-state index in [1.165, 1.54) is 0 Å². The smallest absolute Gasteiger partial charge is 0.150 e. The van der Waals surface area contributed by atoms with Gasteiger partial charge in [0.25, 0.3) is 0 Å². The lowest BCUT2D eigenvalue weighted by Gasteiger charge is -2.29. The van der Waals surface area contributed by atoms with Crippen molar-refractivity contribution in [2.75, 3.05) is 36.0 Å². The van der Waals surface area contributed by atoms with Crippen LogP contribution < -0.4 is 9.80 Å². The van der Waals surface area contributed by atoms with E-state index in [-0.39, 0.29) is 0 Å². The highest BCUT2D eigenvalue weighted by Gasteiger charge is 2.09. The maximum Gasteiger partial charge on any atom is 0.150 e. The quantitative estimate of drug-likeness (QED) is 0.660. The first-order valence-electron chi connectivity index (χ1n) is 8.32. The molecular formula is C20H24N2O2. The number of benzene rings is 2. The van der Waals surface area contributed by atoms with Crippen molar-refractivity contribution >= 4 is 23.9 Å². The molecule has 0 heterocycles. The Morgan fingerprint density at radius 2 is 1.00 bits per heavy atom. The second-order valence-electron chi connectivity index (χ2n) is 5.58. The maximum atomic E-state index is 10.8. The molecule has 0 bridgehead atoms. The van der Waals surface area contributed by atoms with Crippen LogP contribution in [0.25, 0.3) is 0 Å². The van der Waals surface area contributed by atoms with Gasteiger partial charge >= 0.3 is 0 Å². The number of nitrogens with zero attached hydrogens (tertiary/aromatic N) is 2. The van der Waals surface area contributed by atoms with Crippen LogP contribution in [0.2, 0.25) is 0 Å². The third-order valence-electron chi connectivity index (χ3n) is 4.19. The van der Waals surface area contributed by atoms with Crippen LogP contribution in [0, 0.1) is 0 Å². The maximum absolute atomic E-state index is 10.8. The van der Waals surface area contributed by atoms with Gasteiger partial charge in [0.05, 0.1) is 0 Å². The van der Waals surface area contributed by atoms with Crippen LogP contribution in [-0.2, 0) is 0 Å². The average Bonchev–Trinajstić information content (AvgIpc) is 2.66. The van der Waals surface area contributed by atoms with E-state index < -0.39 is 0 Å². The molecule has 0 aliphatic heterocycles. The number of hydrogen-bond donors (Lipinski definition) is 0. The number of anilines is 2. The molecule has 0 aromatic heterocycles. The summed E-state index contributed by atoms with van der Waals surface area (Å²) in [6.07, 6.45) is 1.73. The summed E-state index contributed by atoms with van der Waals surface area (Å²) in [4.78, 5) is 26.1. The summed E-state index contributed by atoms with van der Waals surface area (Å²) < 4.78 is 0. The van der Waals surface area contributed by atoms with Gasteiger partial charge < -0.3 is 9.80 Å². The Morgan fingerprint density at radius 3 is 1.25 bits per heavy atom. The second-order valence-corrected chi connectivity index (χ2v) is 5.58. The summed E-state index contributed by atoms with van der Waals surface area (Å²) in [7, 11) is 0. The molecule has 0 radical (unpaired) electrons. The fourth-order valence-electron chi connectivity index (χ4n) is 2.71. The minimum atomic E-state index is 0.695. The predicted octanol–water partition coefficient (Wildman–Crippen LogP) is 3.66. The van der Waals surface area contributed by atoms with Crippen molar-refractivity contribution in [1.82, 2.24) is 0 Å². The minimum absolute atomic E-state index is 0.695. The summed E-state index contributed by atoms with van der Waals surface area (Å²) in [5.74, 6) is 0. The molecule has 0 atom stereocenters. The first-order valence-corrected chi connectivity index (χ1v) is 8.32. The third kappa shape index (κ3) is 4.44. The molecule has 0 unspecified atom stereocenters. The highest BCUT2D eigenvalue weighted by Crippen LogP contribution is 2.17. The van der Waals surface area contributed by atoms with Gasteiger partial charge in [0.1, 0.15) is 12.6 Å². The van der Waals surface area contributed by atoms with Gasteiger partial charge in [-0.1, -0.05) is 0 Å². The number of carbonyl (C=O) groups excluding carboxylic acids is 2. The van der Waals surface area contributed by atoms with Crippen LogP contribution in [0.4, 0.5) is 11.4 Å². The Labute approximate surface area is 143 Å². The van der Waals surface area contributed by atoms with Crippen molar-refractivity contribution in [2.24, 2.45) is 0 Å². The van der Waals surface area contributed by atoms with Crippen LogP contribution in [0.5, 0.6) is 0 Å². The molecule has 2 aromatic carbocycles. The van der Waals surface area contributed by atoms with E-state index in [4.69, 9.17) is 0 Å². The Kier molecular flexibility index (Phi) is 6.55. The molecule has 0 saturated carbocycles. The van der Waals surface area contributed by atoms with Crippen molar-refractivity contribution in [2.45, 2.75) is 13.8 Å². The zero-order valence-corrected chi connectivity index (χ0v) is 14.3. The molecule has 0 N–H and O–H groups in total. The molecule has 24 heavy (non-hydrogen) atoms. The van der Waals surface area contributed by atoms with Gasteiger partial charge in [0.15, 0.2) is 0 Å². The lowest BCUT2D eigenvalue weighted by molar-refractivity contribution is 0.111. The molecule has 0 spiro atoms. The van der Waals surface area contributed by atoms with Gasteiger partial charge in [-0.25, -0.2) is 0 Å². The van der Waals surface area contributed by atoms with Gasteiger partial charge in [-0.05, 0) is 62.4 Å². The molecule has 0 aliphatic carbocycles. The summed E-state index contributed by atoms with van der Waals surface area (Å²) in [5.41, 5.74) is 3.63. The van der Waals surface area contributed by atoms with Crippen LogP contribution in [-0.4, -0.2) is 38.8 Å². The Morgan fingerprint density at radius 1 is 0.667 bits per heavy atom. The van der Waals surface area contributed by atoms with Crippen molar-refractivity contribution in [3.05, 3.63) is 59.7 Å². The van der Waals surface area contributed by atoms with Crippen LogP contribution in [0.3, 0.4) is 0 Å². The standard InChI is InChI=1S/C20H24N2O2/c1-3-21(19-9-5-17(15-23)6-10-19)13-14-22(4-2)20-11-7-18(16-24)8-12-20/h5-12,15-16H,3-4,13-14H2,1-2H3. The normalized spacial score (nSPS) is 10.2. The van der Waals surface area contributed by atoms with Gasteiger partial charge in [-0.3, -0.25) is 9.59 Å². The van der Waals surface area contributed by atoms with Crippen LogP contribution in [0.15, 0.2) is 48.5 Å². The highest BCUT2D eigenvalue weighted by atomic mass is 16.1. The van der Waals surface area contributed by atoms with Gasteiger partial charge in [-0.2, -0.15) is 0 Å². The molecule has 0 amide bonds. The number of carbonyl (C=O) groups is 2. The molecular weight excluding hydrogens is 300 g/mol. The number of rotatable bonds is 9.